The van der Waals surface area contributed by atoms with Crippen LogP contribution in [0.1, 0.15) is 22.3 Å². The lowest BCUT2D eigenvalue weighted by Crippen LogP contribution is -2.52. The Labute approximate surface area is 182 Å². The zero-order chi connectivity index (χ0) is 21.4. The third-order valence-electron chi connectivity index (χ3n) is 6.18. The number of piperazine rings is 1. The van der Waals surface area contributed by atoms with Gasteiger partial charge in [-0.05, 0) is 68.1 Å². The minimum Gasteiger partial charge on any atom is -0.354 e. The Kier molecular flexibility index (Phi) is 5.16. The first-order chi connectivity index (χ1) is 15.1. The number of fused-ring (bicyclic) bond motifs is 1. The van der Waals surface area contributed by atoms with Crippen molar-refractivity contribution < 1.29 is 0 Å². The smallest absolute Gasteiger partial charge is 0.155 e. The van der Waals surface area contributed by atoms with Crippen molar-refractivity contribution in [3.63, 3.8) is 0 Å². The maximum absolute atomic E-state index is 4.97. The van der Waals surface area contributed by atoms with Crippen LogP contribution in [0, 0.1) is 20.8 Å². The highest BCUT2D eigenvalue weighted by Crippen LogP contribution is 2.26. The van der Waals surface area contributed by atoms with E-state index in [-0.39, 0.29) is 0 Å². The molecule has 6 nitrogen and oxygen atoms in total. The maximum atomic E-state index is 4.97. The molecule has 1 unspecified atom stereocenters. The topological polar surface area (TPSA) is 69.7 Å². The van der Waals surface area contributed by atoms with E-state index in [0.29, 0.717) is 6.04 Å². The minimum atomic E-state index is 0.398. The van der Waals surface area contributed by atoms with E-state index < -0.39 is 0 Å². The lowest BCUT2D eigenvalue weighted by molar-refractivity contribution is 0.451. The molecule has 158 valence electrons. The molecule has 5 rings (SSSR count). The van der Waals surface area contributed by atoms with Gasteiger partial charge >= 0.3 is 0 Å². The molecule has 31 heavy (non-hydrogen) atoms. The number of hydrogen-bond donors (Lipinski definition) is 2. The Morgan fingerprint density at radius 3 is 2.74 bits per heavy atom. The first kappa shape index (κ1) is 19.7. The van der Waals surface area contributed by atoms with E-state index >= 15 is 0 Å². The number of nitrogens with one attached hydrogen (secondary N) is 2. The number of anilines is 1. The Hall–Kier alpha value is -3.25. The quantitative estimate of drug-likeness (QED) is 0.531. The molecule has 0 spiro atoms. The minimum absolute atomic E-state index is 0.398. The molecule has 0 radical (unpaired) electrons. The molecule has 1 aliphatic rings. The fourth-order valence-electron chi connectivity index (χ4n) is 4.73. The molecule has 2 N–H and O–H groups in total. The number of rotatable bonds is 4. The molecule has 0 bridgehead atoms. The Bertz CT molecular complexity index is 1200. The van der Waals surface area contributed by atoms with Crippen LogP contribution in [-0.2, 0) is 6.42 Å². The average molecular weight is 413 g/mol. The van der Waals surface area contributed by atoms with Crippen LogP contribution in [0.15, 0.2) is 48.7 Å². The van der Waals surface area contributed by atoms with E-state index in [1.54, 1.807) is 6.20 Å². The van der Waals surface area contributed by atoms with Gasteiger partial charge in [0, 0.05) is 37.3 Å². The van der Waals surface area contributed by atoms with Crippen molar-refractivity contribution in [1.29, 1.82) is 0 Å². The predicted molar refractivity (Wildman–Crippen MR) is 125 cm³/mol. The van der Waals surface area contributed by atoms with Crippen LogP contribution >= 0.6 is 0 Å². The normalized spacial score (nSPS) is 16.7. The third-order valence-corrected chi connectivity index (χ3v) is 6.18. The fraction of sp³-hybridized carbons (Fsp3) is 0.320. The van der Waals surface area contributed by atoms with Crippen molar-refractivity contribution in [2.45, 2.75) is 33.2 Å². The van der Waals surface area contributed by atoms with Crippen LogP contribution < -0.4 is 10.2 Å². The monoisotopic (exact) mass is 412 g/mol. The Morgan fingerprint density at radius 2 is 1.90 bits per heavy atom. The molecule has 1 saturated heterocycles. The van der Waals surface area contributed by atoms with Crippen molar-refractivity contribution in [1.82, 2.24) is 25.5 Å². The molecule has 3 aromatic heterocycles. The Balaban J connectivity index is 1.38. The van der Waals surface area contributed by atoms with E-state index in [4.69, 9.17) is 4.98 Å². The molecule has 4 heterocycles. The summed E-state index contributed by atoms with van der Waals surface area (Å²) in [5, 5.41) is 12.2. The molecular weight excluding hydrogens is 384 g/mol. The van der Waals surface area contributed by atoms with Gasteiger partial charge in [0.25, 0.3) is 0 Å². The van der Waals surface area contributed by atoms with Gasteiger partial charge in [-0.15, -0.1) is 0 Å². The van der Waals surface area contributed by atoms with E-state index in [0.717, 1.165) is 54.3 Å². The van der Waals surface area contributed by atoms with Gasteiger partial charge in [0.05, 0.1) is 5.69 Å². The van der Waals surface area contributed by atoms with E-state index in [1.165, 1.54) is 22.3 Å². The van der Waals surface area contributed by atoms with E-state index in [2.05, 4.69) is 70.4 Å². The summed E-state index contributed by atoms with van der Waals surface area (Å²) in [6, 6.07) is 15.1. The molecule has 6 heteroatoms. The van der Waals surface area contributed by atoms with Gasteiger partial charge in [0.2, 0.25) is 0 Å². The molecule has 1 fully saturated rings. The Morgan fingerprint density at radius 1 is 1.06 bits per heavy atom. The molecule has 0 amide bonds. The summed E-state index contributed by atoms with van der Waals surface area (Å²) < 4.78 is 0. The van der Waals surface area contributed by atoms with Crippen LogP contribution in [0.2, 0.25) is 0 Å². The summed E-state index contributed by atoms with van der Waals surface area (Å²) in [5.41, 5.74) is 8.07. The van der Waals surface area contributed by atoms with Crippen LogP contribution in [0.3, 0.4) is 0 Å². The largest absolute Gasteiger partial charge is 0.354 e. The summed E-state index contributed by atoms with van der Waals surface area (Å²) >= 11 is 0. The van der Waals surface area contributed by atoms with Gasteiger partial charge in [-0.1, -0.05) is 23.8 Å². The molecule has 1 aromatic carbocycles. The molecular formula is C25H28N6. The second kappa shape index (κ2) is 8.12. The maximum Gasteiger partial charge on any atom is 0.155 e. The van der Waals surface area contributed by atoms with Crippen LogP contribution in [0.4, 0.5) is 5.82 Å². The van der Waals surface area contributed by atoms with Crippen molar-refractivity contribution >= 4 is 16.9 Å². The SMILES string of the molecule is Cc1cc(C)c(CC2CN(c3cccc(-c4n[nH]c5ncccc45)n3)CCN2)c(C)c1. The van der Waals surface area contributed by atoms with Gasteiger partial charge < -0.3 is 10.2 Å². The number of aromatic nitrogens is 4. The highest BCUT2D eigenvalue weighted by molar-refractivity contribution is 5.89. The predicted octanol–water partition coefficient (Wildman–Crippen LogP) is 3.97. The summed E-state index contributed by atoms with van der Waals surface area (Å²) in [6.45, 7) is 9.46. The summed E-state index contributed by atoms with van der Waals surface area (Å²) in [5.74, 6) is 1.00. The highest BCUT2D eigenvalue weighted by atomic mass is 15.2. The van der Waals surface area contributed by atoms with Crippen LogP contribution in [0.25, 0.3) is 22.4 Å². The number of pyridine rings is 2. The van der Waals surface area contributed by atoms with E-state index in [1.807, 2.05) is 18.2 Å². The number of benzene rings is 1. The van der Waals surface area contributed by atoms with Crippen LogP contribution in [-0.4, -0.2) is 45.8 Å². The second-order valence-electron chi connectivity index (χ2n) is 8.53. The van der Waals surface area contributed by atoms with Crippen molar-refractivity contribution in [2.75, 3.05) is 24.5 Å². The second-order valence-corrected chi connectivity index (χ2v) is 8.53. The lowest BCUT2D eigenvalue weighted by Gasteiger charge is -2.35. The van der Waals surface area contributed by atoms with Gasteiger partial charge in [-0.3, -0.25) is 5.10 Å². The average Bonchev–Trinajstić information content (AvgIpc) is 3.21. The molecule has 0 saturated carbocycles. The molecule has 0 aliphatic carbocycles. The first-order valence-electron chi connectivity index (χ1n) is 10.9. The number of H-pyrrole nitrogens is 1. The van der Waals surface area contributed by atoms with Crippen molar-refractivity contribution in [3.05, 3.63) is 70.9 Å². The third kappa shape index (κ3) is 3.91. The first-order valence-corrected chi connectivity index (χ1v) is 10.9. The zero-order valence-corrected chi connectivity index (χ0v) is 18.3. The fourth-order valence-corrected chi connectivity index (χ4v) is 4.73. The summed E-state index contributed by atoms with van der Waals surface area (Å²) in [4.78, 5) is 11.7. The zero-order valence-electron chi connectivity index (χ0n) is 18.3. The number of hydrogen-bond acceptors (Lipinski definition) is 5. The molecule has 1 aliphatic heterocycles. The molecule has 1 atom stereocenters. The van der Waals surface area contributed by atoms with Crippen molar-refractivity contribution in [3.8, 4) is 11.4 Å². The number of nitrogens with zero attached hydrogens (tertiary/aromatic N) is 4. The number of aryl methyl sites for hydroxylation is 3. The van der Waals surface area contributed by atoms with Gasteiger partial charge in [0.1, 0.15) is 11.5 Å². The highest BCUT2D eigenvalue weighted by Gasteiger charge is 2.22. The van der Waals surface area contributed by atoms with E-state index in [9.17, 15) is 0 Å². The van der Waals surface area contributed by atoms with Gasteiger partial charge in [-0.2, -0.15) is 5.10 Å². The molecule has 4 aromatic rings. The standard InChI is InChI=1S/C25H28N6/c1-16-12-17(2)21(18(3)13-16)14-19-15-31(11-10-26-19)23-8-4-7-22(28-23)24-20-6-5-9-27-25(20)30-29-24/h4-9,12-13,19,26H,10-11,14-15H2,1-3H3,(H,27,29,30). The van der Waals surface area contributed by atoms with Gasteiger partial charge in [-0.25, -0.2) is 9.97 Å². The van der Waals surface area contributed by atoms with Gasteiger partial charge in [0.15, 0.2) is 5.65 Å². The number of aromatic amines is 1. The van der Waals surface area contributed by atoms with Crippen LogP contribution in [0.5, 0.6) is 0 Å². The van der Waals surface area contributed by atoms with Crippen molar-refractivity contribution in [2.24, 2.45) is 0 Å². The summed E-state index contributed by atoms with van der Waals surface area (Å²) in [7, 11) is 0. The lowest BCUT2D eigenvalue weighted by atomic mass is 9.93. The summed E-state index contributed by atoms with van der Waals surface area (Å²) in [6.07, 6.45) is 2.80.